The van der Waals surface area contributed by atoms with Crippen molar-refractivity contribution in [2.24, 2.45) is 0 Å². The third-order valence-electron chi connectivity index (χ3n) is 3.99. The number of ether oxygens (including phenoxy) is 1. The van der Waals surface area contributed by atoms with Crippen molar-refractivity contribution in [3.05, 3.63) is 64.0 Å². The molecule has 0 spiro atoms. The van der Waals surface area contributed by atoms with Crippen molar-refractivity contribution in [1.29, 1.82) is 0 Å². The van der Waals surface area contributed by atoms with Crippen molar-refractivity contribution >= 4 is 44.6 Å². The Hall–Kier alpha value is -2.59. The third-order valence-corrected chi connectivity index (χ3v) is 7.20. The van der Waals surface area contributed by atoms with Crippen LogP contribution >= 0.6 is 22.9 Å². The van der Waals surface area contributed by atoms with Gasteiger partial charge in [-0.2, -0.15) is 0 Å². The van der Waals surface area contributed by atoms with Gasteiger partial charge in [0.2, 0.25) is 0 Å². The van der Waals surface area contributed by atoms with E-state index in [-0.39, 0.29) is 32.2 Å². The average molecular weight is 454 g/mol. The first-order valence-electron chi connectivity index (χ1n) is 8.18. The number of rotatable bonds is 7. The molecular weight excluding hydrogens is 438 g/mol. The fourth-order valence-electron chi connectivity index (χ4n) is 2.61. The highest BCUT2D eigenvalue weighted by Crippen LogP contribution is 2.38. The van der Waals surface area contributed by atoms with Gasteiger partial charge in [0.05, 0.1) is 17.9 Å². The van der Waals surface area contributed by atoms with E-state index in [9.17, 15) is 18.3 Å². The molecule has 0 aliphatic rings. The van der Waals surface area contributed by atoms with Crippen molar-refractivity contribution in [2.45, 2.75) is 10.8 Å². The average Bonchev–Trinajstić information content (AvgIpc) is 3.07. The summed E-state index contributed by atoms with van der Waals surface area (Å²) in [6, 6.07) is 11.8. The highest BCUT2D eigenvalue weighted by molar-refractivity contribution is 7.94. The van der Waals surface area contributed by atoms with Gasteiger partial charge in [0, 0.05) is 24.3 Å². The Morgan fingerprint density at radius 2 is 1.97 bits per heavy atom. The van der Waals surface area contributed by atoms with Gasteiger partial charge >= 0.3 is 5.97 Å². The van der Waals surface area contributed by atoms with Gasteiger partial charge in [-0.15, -0.1) is 11.3 Å². The summed E-state index contributed by atoms with van der Waals surface area (Å²) in [5.41, 5.74) is 1.68. The second-order valence-corrected chi connectivity index (χ2v) is 9.58. The predicted octanol–water partition coefficient (Wildman–Crippen LogP) is 4.42. The molecule has 2 aromatic carbocycles. The van der Waals surface area contributed by atoms with Crippen LogP contribution in [0.4, 0.5) is 5.69 Å². The molecule has 0 bridgehead atoms. The number of carboxylic acid groups (broad SMARTS) is 1. The van der Waals surface area contributed by atoms with Crippen molar-refractivity contribution in [1.82, 2.24) is 0 Å². The van der Waals surface area contributed by atoms with E-state index < -0.39 is 16.0 Å². The number of benzene rings is 2. The number of hydrogen-bond acceptors (Lipinski definition) is 6. The number of phenols is 1. The molecule has 0 radical (unpaired) electrons. The molecule has 0 saturated heterocycles. The molecule has 3 N–H and O–H groups in total. The quantitative estimate of drug-likeness (QED) is 0.488. The number of carboxylic acids is 1. The van der Waals surface area contributed by atoms with Gasteiger partial charge < -0.3 is 14.9 Å². The minimum atomic E-state index is -3.97. The number of phenolic OH excluding ortho intramolecular Hbond substituents is 1. The molecule has 1 heterocycles. The van der Waals surface area contributed by atoms with Crippen molar-refractivity contribution in [3.8, 4) is 16.9 Å². The summed E-state index contributed by atoms with van der Waals surface area (Å²) in [7, 11) is -2.48. The summed E-state index contributed by atoms with van der Waals surface area (Å²) in [6.07, 6.45) is 0. The maximum atomic E-state index is 12.7. The normalized spacial score (nSPS) is 11.4. The van der Waals surface area contributed by atoms with Crippen LogP contribution < -0.4 is 4.72 Å². The number of thiophene rings is 1. The van der Waals surface area contributed by atoms with Gasteiger partial charge in [-0.3, -0.25) is 4.72 Å². The first-order chi connectivity index (χ1) is 13.7. The lowest BCUT2D eigenvalue weighted by molar-refractivity contribution is 0.0697. The van der Waals surface area contributed by atoms with Crippen molar-refractivity contribution in [2.75, 3.05) is 11.8 Å². The molecular formula is C19H16ClNO6S2. The van der Waals surface area contributed by atoms with Crippen molar-refractivity contribution in [3.63, 3.8) is 0 Å². The summed E-state index contributed by atoms with van der Waals surface area (Å²) >= 11 is 7.08. The molecule has 0 unspecified atom stereocenters. The van der Waals surface area contributed by atoms with Crippen LogP contribution in [0.25, 0.3) is 11.1 Å². The van der Waals surface area contributed by atoms with Crippen LogP contribution in [0.15, 0.2) is 52.7 Å². The maximum Gasteiger partial charge on any atom is 0.335 e. The first-order valence-corrected chi connectivity index (χ1v) is 10.9. The molecule has 0 fully saturated rings. The Kier molecular flexibility index (Phi) is 6.13. The van der Waals surface area contributed by atoms with Crippen LogP contribution in [-0.4, -0.2) is 31.7 Å². The number of hydrogen-bond donors (Lipinski definition) is 3. The van der Waals surface area contributed by atoms with Gasteiger partial charge in [0.25, 0.3) is 10.0 Å². The van der Waals surface area contributed by atoms with E-state index in [2.05, 4.69) is 4.72 Å². The zero-order chi connectivity index (χ0) is 21.2. The van der Waals surface area contributed by atoms with Crippen LogP contribution in [0.5, 0.6) is 5.75 Å². The second kappa shape index (κ2) is 8.42. The second-order valence-electron chi connectivity index (χ2n) is 6.02. The zero-order valence-corrected chi connectivity index (χ0v) is 17.4. The summed E-state index contributed by atoms with van der Waals surface area (Å²) in [5, 5.41) is 19.1. The Morgan fingerprint density at radius 1 is 1.21 bits per heavy atom. The SMILES string of the molecule is COCc1ccc(NS(=O)(=O)c2cc(-c3cccc(C(=O)O)c3)c(Cl)s2)cc1O. The van der Waals surface area contributed by atoms with E-state index >= 15 is 0 Å². The molecule has 29 heavy (non-hydrogen) atoms. The van der Waals surface area contributed by atoms with E-state index in [1.807, 2.05) is 0 Å². The number of halogens is 1. The molecule has 3 aromatic rings. The van der Waals surface area contributed by atoms with Gasteiger partial charge in [0.1, 0.15) is 14.3 Å². The molecule has 0 atom stereocenters. The van der Waals surface area contributed by atoms with E-state index in [1.54, 1.807) is 18.2 Å². The lowest BCUT2D eigenvalue weighted by Gasteiger charge is -2.09. The Bertz CT molecular complexity index is 1170. The van der Waals surface area contributed by atoms with Crippen molar-refractivity contribution < 1.29 is 28.2 Å². The highest BCUT2D eigenvalue weighted by Gasteiger charge is 2.21. The molecule has 152 valence electrons. The molecule has 1 aromatic heterocycles. The number of methoxy groups -OCH3 is 1. The van der Waals surface area contributed by atoms with Crippen LogP contribution in [0.3, 0.4) is 0 Å². The highest BCUT2D eigenvalue weighted by atomic mass is 35.5. The predicted molar refractivity (Wildman–Crippen MR) is 111 cm³/mol. The monoisotopic (exact) mass is 453 g/mol. The number of aromatic carboxylic acids is 1. The number of nitrogens with one attached hydrogen (secondary N) is 1. The van der Waals surface area contributed by atoms with Gasteiger partial charge in [-0.1, -0.05) is 29.8 Å². The van der Waals surface area contributed by atoms with Crippen LogP contribution in [0.2, 0.25) is 4.34 Å². The third kappa shape index (κ3) is 4.70. The number of sulfonamides is 1. The molecule has 0 saturated carbocycles. The van der Waals surface area contributed by atoms with E-state index in [4.69, 9.17) is 21.4 Å². The minimum Gasteiger partial charge on any atom is -0.508 e. The topological polar surface area (TPSA) is 113 Å². The van der Waals surface area contributed by atoms with E-state index in [0.29, 0.717) is 16.7 Å². The Morgan fingerprint density at radius 3 is 2.62 bits per heavy atom. The van der Waals surface area contributed by atoms with Gasteiger partial charge in [-0.05, 0) is 29.8 Å². The maximum absolute atomic E-state index is 12.7. The molecule has 0 aliphatic carbocycles. The minimum absolute atomic E-state index is 0.0429. The van der Waals surface area contributed by atoms with E-state index in [0.717, 1.165) is 11.3 Å². The van der Waals surface area contributed by atoms with Gasteiger partial charge in [-0.25, -0.2) is 13.2 Å². The lowest BCUT2D eigenvalue weighted by Crippen LogP contribution is -2.11. The summed E-state index contributed by atoms with van der Waals surface area (Å²) in [5.74, 6) is -1.19. The summed E-state index contributed by atoms with van der Waals surface area (Å²) < 4.78 is 33.0. The molecule has 7 nitrogen and oxygen atoms in total. The standard InChI is InChI=1S/C19H16ClNO6S2/c1-27-10-13-5-6-14(8-16(13)22)21-29(25,26)17-9-15(18(20)28-17)11-3-2-4-12(7-11)19(23)24/h2-9,21-22H,10H2,1H3,(H,23,24). The smallest absolute Gasteiger partial charge is 0.335 e. The summed E-state index contributed by atoms with van der Waals surface area (Å²) in [4.78, 5) is 11.2. The van der Waals surface area contributed by atoms with Crippen LogP contribution in [-0.2, 0) is 21.4 Å². The fourth-order valence-corrected chi connectivity index (χ4v) is 5.42. The summed E-state index contributed by atoms with van der Waals surface area (Å²) in [6.45, 7) is 0.193. The lowest BCUT2D eigenvalue weighted by atomic mass is 10.1. The molecule has 10 heteroatoms. The first kappa shape index (κ1) is 21.1. The molecule has 0 amide bonds. The van der Waals surface area contributed by atoms with Crippen LogP contribution in [0, 0.1) is 0 Å². The fraction of sp³-hybridized carbons (Fsp3) is 0.105. The zero-order valence-electron chi connectivity index (χ0n) is 15.0. The van der Waals surface area contributed by atoms with E-state index in [1.165, 1.54) is 37.4 Å². The van der Waals surface area contributed by atoms with Gasteiger partial charge in [0.15, 0.2) is 0 Å². The molecule has 0 aliphatic heterocycles. The number of carbonyl (C=O) groups is 1. The largest absolute Gasteiger partial charge is 0.508 e. The number of aromatic hydroxyl groups is 1. The Balaban J connectivity index is 1.91. The Labute approximate surface area is 176 Å². The van der Waals surface area contributed by atoms with Crippen LogP contribution in [0.1, 0.15) is 15.9 Å². The molecule has 3 rings (SSSR count). The number of anilines is 1.